The van der Waals surface area contributed by atoms with Gasteiger partial charge in [-0.3, -0.25) is 4.79 Å². The quantitative estimate of drug-likeness (QED) is 0.608. The van der Waals surface area contributed by atoms with Crippen molar-refractivity contribution in [3.05, 3.63) is 0 Å². The smallest absolute Gasteiger partial charge is 0.139 e. The summed E-state index contributed by atoms with van der Waals surface area (Å²) < 4.78 is 0. The van der Waals surface area contributed by atoms with Crippen LogP contribution in [0.3, 0.4) is 0 Å². The molecule has 0 aromatic heterocycles. The Hall–Kier alpha value is -0.330. The van der Waals surface area contributed by atoms with Gasteiger partial charge in [-0.1, -0.05) is 27.2 Å². The summed E-state index contributed by atoms with van der Waals surface area (Å²) >= 11 is 0. The van der Waals surface area contributed by atoms with Gasteiger partial charge >= 0.3 is 0 Å². The van der Waals surface area contributed by atoms with Gasteiger partial charge in [-0.15, -0.1) is 0 Å². The van der Waals surface area contributed by atoms with E-state index < -0.39 is 0 Å². The number of carbonyl (C=O) groups excluding carboxylic acids is 1. The molecule has 1 saturated carbocycles. The number of carbonyl (C=O) groups is 1. The lowest BCUT2D eigenvalue weighted by atomic mass is 9.99. The van der Waals surface area contributed by atoms with Gasteiger partial charge in [-0.2, -0.15) is 0 Å². The molecule has 0 amide bonds. The first-order valence-electron chi connectivity index (χ1n) is 4.74. The van der Waals surface area contributed by atoms with E-state index in [2.05, 4.69) is 13.8 Å². The Balaban J connectivity index is 2.33. The van der Waals surface area contributed by atoms with Gasteiger partial charge in [0, 0.05) is 11.8 Å². The van der Waals surface area contributed by atoms with Crippen molar-refractivity contribution in [2.45, 2.75) is 40.0 Å². The molecular weight excluding hydrogens is 136 g/mol. The first-order chi connectivity index (χ1) is 5.20. The van der Waals surface area contributed by atoms with Gasteiger partial charge in [0.2, 0.25) is 0 Å². The van der Waals surface area contributed by atoms with Crippen LogP contribution in [0, 0.1) is 17.8 Å². The molecule has 11 heavy (non-hydrogen) atoms. The van der Waals surface area contributed by atoms with Crippen LogP contribution in [0.2, 0.25) is 0 Å². The van der Waals surface area contributed by atoms with Gasteiger partial charge < -0.3 is 0 Å². The van der Waals surface area contributed by atoms with Gasteiger partial charge in [-0.25, -0.2) is 0 Å². The second-order valence-corrected chi connectivity index (χ2v) is 3.72. The Bertz CT molecular complexity index is 151. The summed E-state index contributed by atoms with van der Waals surface area (Å²) in [5.41, 5.74) is 0. The fourth-order valence-corrected chi connectivity index (χ4v) is 1.61. The fourth-order valence-electron chi connectivity index (χ4n) is 1.61. The summed E-state index contributed by atoms with van der Waals surface area (Å²) in [7, 11) is 0. The second kappa shape index (κ2) is 3.38. The highest BCUT2D eigenvalue weighted by Crippen LogP contribution is 2.43. The van der Waals surface area contributed by atoms with Crippen molar-refractivity contribution in [3.8, 4) is 0 Å². The molecule has 0 spiro atoms. The van der Waals surface area contributed by atoms with E-state index in [1.54, 1.807) is 0 Å². The summed E-state index contributed by atoms with van der Waals surface area (Å²) in [4.78, 5) is 11.5. The topological polar surface area (TPSA) is 17.1 Å². The molecule has 0 N–H and O–H groups in total. The van der Waals surface area contributed by atoms with Crippen molar-refractivity contribution in [2.75, 3.05) is 0 Å². The first-order valence-corrected chi connectivity index (χ1v) is 4.74. The number of ketones is 1. The minimum absolute atomic E-state index is 0.302. The summed E-state index contributed by atoms with van der Waals surface area (Å²) in [5.74, 6) is 1.99. The third-order valence-electron chi connectivity index (χ3n) is 2.91. The zero-order valence-corrected chi connectivity index (χ0v) is 7.76. The molecule has 0 bridgehead atoms. The van der Waals surface area contributed by atoms with Gasteiger partial charge in [0.15, 0.2) is 0 Å². The van der Waals surface area contributed by atoms with E-state index in [-0.39, 0.29) is 0 Å². The molecule has 0 aromatic carbocycles. The van der Waals surface area contributed by atoms with Crippen molar-refractivity contribution in [3.63, 3.8) is 0 Å². The molecule has 1 rings (SSSR count). The summed E-state index contributed by atoms with van der Waals surface area (Å²) in [6.07, 6.45) is 3.36. The zero-order valence-electron chi connectivity index (χ0n) is 7.76. The van der Waals surface area contributed by atoms with E-state index in [4.69, 9.17) is 0 Å². The van der Waals surface area contributed by atoms with Crippen molar-refractivity contribution < 1.29 is 4.79 Å². The lowest BCUT2D eigenvalue weighted by Gasteiger charge is -2.05. The zero-order chi connectivity index (χ0) is 8.43. The summed E-state index contributed by atoms with van der Waals surface area (Å²) in [6.45, 7) is 6.31. The summed E-state index contributed by atoms with van der Waals surface area (Å²) in [5, 5.41) is 0. The molecule has 1 heteroatoms. The Kier molecular flexibility index (Phi) is 2.69. The lowest BCUT2D eigenvalue weighted by Crippen LogP contribution is -2.12. The van der Waals surface area contributed by atoms with Crippen molar-refractivity contribution in [1.29, 1.82) is 0 Å². The fraction of sp³-hybridized carbons (Fsp3) is 0.900. The number of hydrogen-bond acceptors (Lipinski definition) is 1. The minimum atomic E-state index is 0.302. The highest BCUT2D eigenvalue weighted by atomic mass is 16.1. The predicted octanol–water partition coefficient (Wildman–Crippen LogP) is 2.65. The molecule has 1 aliphatic carbocycles. The van der Waals surface area contributed by atoms with E-state index in [9.17, 15) is 4.79 Å². The molecule has 0 radical (unpaired) electrons. The van der Waals surface area contributed by atoms with E-state index in [0.717, 1.165) is 12.3 Å². The van der Waals surface area contributed by atoms with Crippen LogP contribution in [0.25, 0.3) is 0 Å². The molecule has 64 valence electrons. The number of hydrogen-bond donors (Lipinski definition) is 0. The average Bonchev–Trinajstić information content (AvgIpc) is 2.80. The summed E-state index contributed by atoms with van der Waals surface area (Å²) in [6, 6.07) is 0. The molecule has 3 unspecified atom stereocenters. The highest BCUT2D eigenvalue weighted by molar-refractivity contribution is 5.85. The predicted molar refractivity (Wildman–Crippen MR) is 46.4 cm³/mol. The van der Waals surface area contributed by atoms with Crippen LogP contribution in [-0.4, -0.2) is 5.78 Å². The maximum absolute atomic E-state index is 11.5. The first kappa shape index (κ1) is 8.76. The van der Waals surface area contributed by atoms with E-state index >= 15 is 0 Å². The third kappa shape index (κ3) is 1.82. The van der Waals surface area contributed by atoms with Crippen LogP contribution in [0.15, 0.2) is 0 Å². The van der Waals surface area contributed by atoms with Crippen molar-refractivity contribution in [1.82, 2.24) is 0 Å². The highest BCUT2D eigenvalue weighted by Gasteiger charge is 2.42. The van der Waals surface area contributed by atoms with Gasteiger partial charge in [0.1, 0.15) is 5.78 Å². The Morgan fingerprint density at radius 2 is 2.18 bits per heavy atom. The van der Waals surface area contributed by atoms with Gasteiger partial charge in [0.05, 0.1) is 0 Å². The Labute approximate surface area is 69.2 Å². The lowest BCUT2D eigenvalue weighted by molar-refractivity contribution is -0.124. The molecule has 0 aliphatic heterocycles. The van der Waals surface area contributed by atoms with E-state index in [0.29, 0.717) is 17.6 Å². The average molecular weight is 154 g/mol. The normalized spacial score (nSPS) is 31.5. The standard InChI is InChI=1S/C10H18O/c1-4-7(3)10(11)9-6-8(9)5-2/h7-9H,4-6H2,1-3H3. The van der Waals surface area contributed by atoms with Gasteiger partial charge in [0.25, 0.3) is 0 Å². The molecule has 0 heterocycles. The van der Waals surface area contributed by atoms with E-state index in [1.165, 1.54) is 12.8 Å². The maximum atomic E-state index is 11.5. The SMILES string of the molecule is CCC(C)C(=O)C1CC1CC. The van der Waals surface area contributed by atoms with Crippen LogP contribution >= 0.6 is 0 Å². The molecule has 1 nitrogen and oxygen atoms in total. The minimum Gasteiger partial charge on any atom is -0.299 e. The van der Waals surface area contributed by atoms with Crippen LogP contribution in [0.1, 0.15) is 40.0 Å². The molecule has 0 aromatic rings. The second-order valence-electron chi connectivity index (χ2n) is 3.72. The van der Waals surface area contributed by atoms with Crippen molar-refractivity contribution >= 4 is 5.78 Å². The number of Topliss-reactive ketones (excluding diaryl/α,β-unsaturated/α-hetero) is 1. The monoisotopic (exact) mass is 154 g/mol. The maximum Gasteiger partial charge on any atom is 0.139 e. The van der Waals surface area contributed by atoms with Gasteiger partial charge in [-0.05, 0) is 18.8 Å². The molecule has 1 aliphatic rings. The molecule has 3 atom stereocenters. The third-order valence-corrected chi connectivity index (χ3v) is 2.91. The van der Waals surface area contributed by atoms with Crippen LogP contribution in [-0.2, 0) is 4.79 Å². The van der Waals surface area contributed by atoms with Crippen LogP contribution in [0.5, 0.6) is 0 Å². The largest absolute Gasteiger partial charge is 0.299 e. The Morgan fingerprint density at radius 1 is 1.55 bits per heavy atom. The van der Waals surface area contributed by atoms with Crippen molar-refractivity contribution in [2.24, 2.45) is 17.8 Å². The Morgan fingerprint density at radius 3 is 2.55 bits per heavy atom. The number of rotatable bonds is 4. The van der Waals surface area contributed by atoms with E-state index in [1.807, 2.05) is 6.92 Å². The molecular formula is C10H18O. The van der Waals surface area contributed by atoms with Crippen LogP contribution < -0.4 is 0 Å². The van der Waals surface area contributed by atoms with Crippen LogP contribution in [0.4, 0.5) is 0 Å². The molecule has 0 saturated heterocycles. The molecule has 1 fully saturated rings.